The Morgan fingerprint density at radius 2 is 1.20 bits per heavy atom. The SMILES string of the molecule is Brc1ccc(N(c2ccc(Br)cc2)c2cc(-c3ccc4c(c3)C3CCC4CC3)cc3c2oc2ccccc23)cc1. The summed E-state index contributed by atoms with van der Waals surface area (Å²) in [5, 5.41) is 2.28. The molecule has 9 rings (SSSR count). The van der Waals surface area contributed by atoms with E-state index in [0.29, 0.717) is 5.92 Å². The minimum Gasteiger partial charge on any atom is -0.454 e. The van der Waals surface area contributed by atoms with E-state index in [4.69, 9.17) is 4.42 Å². The second-order valence-electron chi connectivity index (χ2n) is 11.2. The average Bonchev–Trinajstić information content (AvgIpc) is 3.38. The maximum Gasteiger partial charge on any atom is 0.159 e. The highest BCUT2D eigenvalue weighted by Crippen LogP contribution is 2.51. The summed E-state index contributed by atoms with van der Waals surface area (Å²) in [5.41, 5.74) is 10.7. The van der Waals surface area contributed by atoms with Crippen molar-refractivity contribution in [3.05, 3.63) is 123 Å². The van der Waals surface area contributed by atoms with Gasteiger partial charge in [-0.3, -0.25) is 0 Å². The molecule has 0 spiro atoms. The van der Waals surface area contributed by atoms with Gasteiger partial charge in [-0.15, -0.1) is 0 Å². The predicted molar refractivity (Wildman–Crippen MR) is 173 cm³/mol. The molecule has 0 amide bonds. The van der Waals surface area contributed by atoms with Crippen molar-refractivity contribution in [3.8, 4) is 11.1 Å². The minimum absolute atomic E-state index is 0.708. The van der Waals surface area contributed by atoms with Gasteiger partial charge < -0.3 is 9.32 Å². The van der Waals surface area contributed by atoms with Crippen LogP contribution in [0.2, 0.25) is 0 Å². The number of rotatable bonds is 4. The van der Waals surface area contributed by atoms with E-state index in [0.717, 1.165) is 53.9 Å². The van der Waals surface area contributed by atoms with Crippen molar-refractivity contribution in [2.45, 2.75) is 37.5 Å². The summed E-state index contributed by atoms with van der Waals surface area (Å²) in [5.74, 6) is 1.45. The minimum atomic E-state index is 0.708. The predicted octanol–water partition coefficient (Wildman–Crippen LogP) is 12.0. The quantitative estimate of drug-likeness (QED) is 0.189. The molecule has 196 valence electrons. The van der Waals surface area contributed by atoms with Gasteiger partial charge in [0.2, 0.25) is 0 Å². The van der Waals surface area contributed by atoms with Gasteiger partial charge in [0.15, 0.2) is 5.58 Å². The maximum absolute atomic E-state index is 6.62. The fraction of sp³-hybridized carbons (Fsp3) is 0.167. The normalized spacial score (nSPS) is 17.9. The van der Waals surface area contributed by atoms with Crippen LogP contribution in [0.1, 0.15) is 48.6 Å². The summed E-state index contributed by atoms with van der Waals surface area (Å²) in [6, 6.07) is 37.3. The third-order valence-corrected chi connectivity index (χ3v) is 9.95. The van der Waals surface area contributed by atoms with Gasteiger partial charge in [0.1, 0.15) is 5.58 Å². The van der Waals surface area contributed by atoms with Crippen LogP contribution in [0.15, 0.2) is 116 Å². The third kappa shape index (κ3) is 4.03. The summed E-state index contributed by atoms with van der Waals surface area (Å²) in [6.45, 7) is 0. The molecule has 1 aromatic heterocycles. The first-order chi connectivity index (χ1) is 19.6. The second-order valence-corrected chi connectivity index (χ2v) is 13.0. The van der Waals surface area contributed by atoms with Crippen molar-refractivity contribution in [1.82, 2.24) is 0 Å². The Balaban J connectivity index is 1.40. The zero-order valence-corrected chi connectivity index (χ0v) is 25.1. The molecular formula is C36H27Br2NO. The molecule has 40 heavy (non-hydrogen) atoms. The molecule has 3 aliphatic rings. The number of benzene rings is 5. The standard InChI is InChI=1S/C36H27Br2NO/c37-26-10-14-28(15-11-26)39(29-16-12-27(38)13-17-29)34-21-25(20-33-31-3-1-2-4-35(31)40-36(33)34)24-9-18-30-22-5-7-23(8-6-22)32(30)19-24/h1-4,9-23H,5-8H2. The van der Waals surface area contributed by atoms with Gasteiger partial charge in [0.05, 0.1) is 5.69 Å². The van der Waals surface area contributed by atoms with Crippen molar-refractivity contribution in [2.24, 2.45) is 0 Å². The van der Waals surface area contributed by atoms with Gasteiger partial charge in [-0.1, -0.05) is 68.3 Å². The first-order valence-corrected chi connectivity index (χ1v) is 15.6. The van der Waals surface area contributed by atoms with Crippen LogP contribution < -0.4 is 4.90 Å². The van der Waals surface area contributed by atoms with Gasteiger partial charge in [0, 0.05) is 31.1 Å². The van der Waals surface area contributed by atoms with Crippen molar-refractivity contribution in [3.63, 3.8) is 0 Å². The molecule has 1 fully saturated rings. The van der Waals surface area contributed by atoms with Crippen molar-refractivity contribution >= 4 is 70.9 Å². The number of hydrogen-bond acceptors (Lipinski definition) is 2. The van der Waals surface area contributed by atoms with Crippen LogP contribution in [-0.4, -0.2) is 0 Å². The van der Waals surface area contributed by atoms with E-state index in [1.165, 1.54) is 36.8 Å². The second kappa shape index (κ2) is 9.64. The van der Waals surface area contributed by atoms with Crippen LogP contribution in [0, 0.1) is 0 Å². The number of halogens is 2. The van der Waals surface area contributed by atoms with Gasteiger partial charge in [0.25, 0.3) is 0 Å². The molecule has 0 radical (unpaired) electrons. The van der Waals surface area contributed by atoms with Crippen LogP contribution in [0.3, 0.4) is 0 Å². The molecule has 3 aliphatic carbocycles. The summed E-state index contributed by atoms with van der Waals surface area (Å²) >= 11 is 7.24. The van der Waals surface area contributed by atoms with E-state index in [1.807, 2.05) is 6.07 Å². The lowest BCUT2D eigenvalue weighted by molar-refractivity contribution is 0.359. The van der Waals surface area contributed by atoms with Crippen LogP contribution in [0.4, 0.5) is 17.1 Å². The summed E-state index contributed by atoms with van der Waals surface area (Å²) in [7, 11) is 0. The molecular weight excluding hydrogens is 622 g/mol. The lowest BCUT2D eigenvalue weighted by Gasteiger charge is -2.38. The summed E-state index contributed by atoms with van der Waals surface area (Å²) in [4.78, 5) is 2.31. The molecule has 1 saturated carbocycles. The van der Waals surface area contributed by atoms with E-state index < -0.39 is 0 Å². The van der Waals surface area contributed by atoms with Gasteiger partial charge in [-0.2, -0.15) is 0 Å². The number of nitrogens with zero attached hydrogens (tertiary/aromatic N) is 1. The van der Waals surface area contributed by atoms with Gasteiger partial charge >= 0.3 is 0 Å². The highest BCUT2D eigenvalue weighted by Gasteiger charge is 2.33. The average molecular weight is 649 g/mol. The highest BCUT2D eigenvalue weighted by atomic mass is 79.9. The van der Waals surface area contributed by atoms with Crippen molar-refractivity contribution < 1.29 is 4.42 Å². The Morgan fingerprint density at radius 1 is 0.575 bits per heavy atom. The Morgan fingerprint density at radius 3 is 1.88 bits per heavy atom. The molecule has 2 nitrogen and oxygen atoms in total. The van der Waals surface area contributed by atoms with Gasteiger partial charge in [-0.05, 0) is 127 Å². The fourth-order valence-electron chi connectivity index (χ4n) is 6.94. The van der Waals surface area contributed by atoms with E-state index in [-0.39, 0.29) is 0 Å². The van der Waals surface area contributed by atoms with E-state index in [1.54, 1.807) is 11.1 Å². The molecule has 0 atom stereocenters. The summed E-state index contributed by atoms with van der Waals surface area (Å²) < 4.78 is 8.72. The zero-order valence-electron chi connectivity index (χ0n) is 21.9. The number of furan rings is 1. The number of anilines is 3. The molecule has 2 bridgehead atoms. The Kier molecular flexibility index (Phi) is 5.89. The molecule has 0 saturated heterocycles. The highest BCUT2D eigenvalue weighted by molar-refractivity contribution is 9.10. The smallest absolute Gasteiger partial charge is 0.159 e. The van der Waals surface area contributed by atoms with Crippen LogP contribution in [0.5, 0.6) is 0 Å². The molecule has 5 aromatic carbocycles. The number of fused-ring (bicyclic) bond motifs is 5. The van der Waals surface area contributed by atoms with E-state index >= 15 is 0 Å². The largest absolute Gasteiger partial charge is 0.454 e. The Labute approximate surface area is 250 Å². The molecule has 4 heteroatoms. The third-order valence-electron chi connectivity index (χ3n) is 8.90. The molecule has 0 unspecified atom stereocenters. The fourth-order valence-corrected chi connectivity index (χ4v) is 7.47. The number of hydrogen-bond donors (Lipinski definition) is 0. The first-order valence-electron chi connectivity index (χ1n) is 14.0. The van der Waals surface area contributed by atoms with Gasteiger partial charge in [-0.25, -0.2) is 0 Å². The van der Waals surface area contributed by atoms with Crippen LogP contribution >= 0.6 is 31.9 Å². The Bertz CT molecular complexity index is 1830. The number of para-hydroxylation sites is 1. The molecule has 0 N–H and O–H groups in total. The van der Waals surface area contributed by atoms with E-state index in [2.05, 4.69) is 134 Å². The zero-order chi connectivity index (χ0) is 26.8. The molecule has 0 aliphatic heterocycles. The lowest BCUT2D eigenvalue weighted by atomic mass is 9.66. The van der Waals surface area contributed by atoms with Crippen LogP contribution in [-0.2, 0) is 0 Å². The van der Waals surface area contributed by atoms with Crippen LogP contribution in [0.25, 0.3) is 33.1 Å². The molecule has 1 heterocycles. The topological polar surface area (TPSA) is 16.4 Å². The maximum atomic E-state index is 6.62. The lowest BCUT2D eigenvalue weighted by Crippen LogP contribution is -2.21. The van der Waals surface area contributed by atoms with E-state index in [9.17, 15) is 0 Å². The van der Waals surface area contributed by atoms with Crippen molar-refractivity contribution in [1.29, 1.82) is 0 Å². The summed E-state index contributed by atoms with van der Waals surface area (Å²) in [6.07, 6.45) is 5.37. The Hall–Kier alpha value is -3.34. The van der Waals surface area contributed by atoms with Crippen molar-refractivity contribution in [2.75, 3.05) is 4.90 Å². The monoisotopic (exact) mass is 647 g/mol. The first kappa shape index (κ1) is 24.5. The molecule has 6 aromatic rings.